The summed E-state index contributed by atoms with van der Waals surface area (Å²) in [6, 6.07) is 3.10. The van der Waals surface area contributed by atoms with Gasteiger partial charge >= 0.3 is 0 Å². The Morgan fingerprint density at radius 2 is 1.19 bits per heavy atom. The van der Waals surface area contributed by atoms with Gasteiger partial charge in [0.15, 0.2) is 0 Å². The van der Waals surface area contributed by atoms with Crippen LogP contribution in [-0.2, 0) is 19.5 Å². The maximum Gasteiger partial charge on any atom is 0.258 e. The predicted octanol–water partition coefficient (Wildman–Crippen LogP) is 1.12. The molecule has 1 fully saturated rings. The largest absolute Gasteiger partial charge is 0.507 e. The lowest BCUT2D eigenvalue weighted by atomic mass is 9.68. The van der Waals surface area contributed by atoms with Crippen LogP contribution in [0.5, 0.6) is 11.5 Å². The van der Waals surface area contributed by atoms with E-state index in [0.29, 0.717) is 37.3 Å². The van der Waals surface area contributed by atoms with Gasteiger partial charge < -0.3 is 24.2 Å². The number of rotatable bonds is 2. The first-order valence-corrected chi connectivity index (χ1v) is 9.09. The summed E-state index contributed by atoms with van der Waals surface area (Å²) >= 11 is 0. The lowest BCUT2D eigenvalue weighted by Gasteiger charge is -2.41. The van der Waals surface area contributed by atoms with Crippen LogP contribution in [0.1, 0.15) is 35.4 Å². The van der Waals surface area contributed by atoms with Crippen LogP contribution in [0, 0.1) is 13.8 Å². The molecule has 2 aromatic heterocycles. The fourth-order valence-electron chi connectivity index (χ4n) is 4.13. The average molecular weight is 373 g/mol. The molecule has 0 amide bonds. The zero-order valence-corrected chi connectivity index (χ0v) is 16.5. The Bertz CT molecular complexity index is 938. The lowest BCUT2D eigenvalue weighted by Crippen LogP contribution is -2.48. The van der Waals surface area contributed by atoms with Crippen LogP contribution in [0.2, 0.25) is 0 Å². The SMILES string of the molecule is Cc1cc(O)c(C2(c3c(O)cc(C)n(C)c3=O)CCN(C)CC2)c(=O)n1C. The van der Waals surface area contributed by atoms with Crippen LogP contribution in [0.15, 0.2) is 21.7 Å². The van der Waals surface area contributed by atoms with E-state index in [4.69, 9.17) is 0 Å². The molecule has 0 atom stereocenters. The smallest absolute Gasteiger partial charge is 0.258 e. The molecule has 0 bridgehead atoms. The van der Waals surface area contributed by atoms with Gasteiger partial charge in [-0.3, -0.25) is 9.59 Å². The molecule has 0 aliphatic carbocycles. The molecule has 0 saturated carbocycles. The van der Waals surface area contributed by atoms with Crippen molar-refractivity contribution in [3.63, 3.8) is 0 Å². The summed E-state index contributed by atoms with van der Waals surface area (Å²) in [5.41, 5.74) is -0.0556. The van der Waals surface area contributed by atoms with Gasteiger partial charge in [-0.1, -0.05) is 0 Å². The molecule has 1 aliphatic heterocycles. The van der Waals surface area contributed by atoms with Crippen LogP contribution >= 0.6 is 0 Å². The minimum Gasteiger partial charge on any atom is -0.507 e. The molecule has 7 heteroatoms. The van der Waals surface area contributed by atoms with Crippen molar-refractivity contribution in [2.45, 2.75) is 32.1 Å². The summed E-state index contributed by atoms with van der Waals surface area (Å²) in [5, 5.41) is 21.5. The Labute approximate surface area is 158 Å². The first-order chi connectivity index (χ1) is 12.6. The van der Waals surface area contributed by atoms with Gasteiger partial charge in [0.25, 0.3) is 11.1 Å². The topological polar surface area (TPSA) is 87.7 Å². The molecule has 1 aliphatic rings. The molecule has 0 unspecified atom stereocenters. The van der Waals surface area contributed by atoms with Crippen molar-refractivity contribution >= 4 is 0 Å². The first kappa shape index (κ1) is 19.2. The summed E-state index contributed by atoms with van der Waals surface area (Å²) in [5.74, 6) is -0.246. The van der Waals surface area contributed by atoms with E-state index >= 15 is 0 Å². The molecule has 1 saturated heterocycles. The van der Waals surface area contributed by atoms with Crippen LogP contribution in [0.25, 0.3) is 0 Å². The van der Waals surface area contributed by atoms with Gasteiger partial charge in [-0.2, -0.15) is 0 Å². The summed E-state index contributed by atoms with van der Waals surface area (Å²) in [6.45, 7) is 4.78. The van der Waals surface area contributed by atoms with Crippen molar-refractivity contribution in [2.24, 2.45) is 14.1 Å². The molecule has 2 N–H and O–H groups in total. The first-order valence-electron chi connectivity index (χ1n) is 9.09. The summed E-state index contributed by atoms with van der Waals surface area (Å²) in [4.78, 5) is 28.4. The zero-order valence-electron chi connectivity index (χ0n) is 16.5. The van der Waals surface area contributed by atoms with Crippen LogP contribution in [0.4, 0.5) is 0 Å². The number of hydrogen-bond donors (Lipinski definition) is 2. The maximum atomic E-state index is 13.1. The summed E-state index contributed by atoms with van der Waals surface area (Å²) in [7, 11) is 5.27. The fraction of sp³-hybridized carbons (Fsp3) is 0.500. The molecule has 0 spiro atoms. The third kappa shape index (κ3) is 2.86. The minimum atomic E-state index is -1.04. The van der Waals surface area contributed by atoms with E-state index in [0.717, 1.165) is 0 Å². The number of aromatic hydroxyl groups is 2. The van der Waals surface area contributed by atoms with Crippen LogP contribution in [-0.4, -0.2) is 44.4 Å². The normalized spacial score (nSPS) is 17.2. The zero-order chi connectivity index (χ0) is 20.1. The molecule has 27 heavy (non-hydrogen) atoms. The maximum absolute atomic E-state index is 13.1. The van der Waals surface area contributed by atoms with E-state index in [1.54, 1.807) is 40.1 Å². The Balaban J connectivity index is 2.43. The molecule has 3 rings (SSSR count). The fourth-order valence-corrected chi connectivity index (χ4v) is 4.13. The highest BCUT2D eigenvalue weighted by Crippen LogP contribution is 2.45. The Morgan fingerprint density at radius 3 is 1.56 bits per heavy atom. The van der Waals surface area contributed by atoms with Gasteiger partial charge in [-0.25, -0.2) is 0 Å². The second-order valence-corrected chi connectivity index (χ2v) is 7.71. The third-order valence-electron chi connectivity index (χ3n) is 6.10. The number of pyridine rings is 2. The highest BCUT2D eigenvalue weighted by atomic mass is 16.3. The monoisotopic (exact) mass is 373 g/mol. The average Bonchev–Trinajstić information content (AvgIpc) is 2.60. The van der Waals surface area contributed by atoms with Crippen molar-refractivity contribution in [3.8, 4) is 11.5 Å². The van der Waals surface area contributed by atoms with Crippen molar-refractivity contribution in [1.29, 1.82) is 0 Å². The van der Waals surface area contributed by atoms with Gasteiger partial charge in [0.1, 0.15) is 11.5 Å². The lowest BCUT2D eigenvalue weighted by molar-refractivity contribution is 0.204. The molecule has 7 nitrogen and oxygen atoms in total. The molecule has 146 valence electrons. The van der Waals surface area contributed by atoms with Crippen molar-refractivity contribution in [3.05, 3.63) is 55.4 Å². The van der Waals surface area contributed by atoms with E-state index < -0.39 is 5.41 Å². The number of likely N-dealkylation sites (tertiary alicyclic amines) is 1. The van der Waals surface area contributed by atoms with Crippen LogP contribution in [0.3, 0.4) is 0 Å². The number of aryl methyl sites for hydroxylation is 2. The van der Waals surface area contributed by atoms with Crippen LogP contribution < -0.4 is 11.1 Å². The van der Waals surface area contributed by atoms with Gasteiger partial charge in [0.05, 0.1) is 11.1 Å². The standard InChI is InChI=1S/C20H27N3O4/c1-12-10-14(24)16(18(26)22(12)4)20(6-8-21(3)9-7-20)17-15(25)11-13(2)23(5)19(17)27/h10-11,24-25H,6-9H2,1-5H3. The molecular weight excluding hydrogens is 346 g/mol. The Morgan fingerprint density at radius 1 is 0.815 bits per heavy atom. The summed E-state index contributed by atoms with van der Waals surface area (Å²) < 4.78 is 2.95. The van der Waals surface area contributed by atoms with Crippen molar-refractivity contribution in [2.75, 3.05) is 20.1 Å². The number of aromatic nitrogens is 2. The second kappa shape index (κ2) is 6.56. The molecule has 2 aromatic rings. The Kier molecular flexibility index (Phi) is 4.67. The highest BCUT2D eigenvalue weighted by Gasteiger charge is 2.45. The van der Waals surface area contributed by atoms with E-state index in [2.05, 4.69) is 4.90 Å². The van der Waals surface area contributed by atoms with E-state index in [9.17, 15) is 19.8 Å². The summed E-state index contributed by atoms with van der Waals surface area (Å²) in [6.07, 6.45) is 0.919. The second-order valence-electron chi connectivity index (χ2n) is 7.71. The van der Waals surface area contributed by atoms with Gasteiger partial charge in [-0.05, 0) is 59.0 Å². The molecule has 3 heterocycles. The molecule has 0 radical (unpaired) electrons. The van der Waals surface area contributed by atoms with Crippen molar-refractivity contribution < 1.29 is 10.2 Å². The van der Waals surface area contributed by atoms with E-state index in [-0.39, 0.29) is 33.7 Å². The molecule has 0 aromatic carbocycles. The Hall–Kier alpha value is -2.54. The number of hydrogen-bond acceptors (Lipinski definition) is 5. The van der Waals surface area contributed by atoms with Crippen molar-refractivity contribution in [1.82, 2.24) is 14.0 Å². The molecular formula is C20H27N3O4. The highest BCUT2D eigenvalue weighted by molar-refractivity contribution is 5.51. The van der Waals surface area contributed by atoms with E-state index in [1.165, 1.54) is 9.13 Å². The van der Waals surface area contributed by atoms with Gasteiger partial charge in [0.2, 0.25) is 0 Å². The third-order valence-corrected chi connectivity index (χ3v) is 6.10. The quantitative estimate of drug-likeness (QED) is 0.824. The van der Waals surface area contributed by atoms with Gasteiger partial charge in [-0.15, -0.1) is 0 Å². The van der Waals surface area contributed by atoms with E-state index in [1.807, 2.05) is 7.05 Å². The van der Waals surface area contributed by atoms with Gasteiger partial charge in [0, 0.05) is 30.9 Å². The minimum absolute atomic E-state index is 0.123. The predicted molar refractivity (Wildman–Crippen MR) is 104 cm³/mol. The number of piperidine rings is 1. The number of nitrogens with zero attached hydrogens (tertiary/aromatic N) is 3.